The molecule has 0 radical (unpaired) electrons. The Kier molecular flexibility index (Phi) is 3.06. The van der Waals surface area contributed by atoms with Crippen LogP contribution < -0.4 is 11.1 Å². The van der Waals surface area contributed by atoms with Crippen LogP contribution in [0.1, 0.15) is 5.56 Å². The number of rotatable bonds is 3. The van der Waals surface area contributed by atoms with Crippen LogP contribution in [0.25, 0.3) is 0 Å². The number of hydrogen-bond acceptors (Lipinski definition) is 3. The molecular formula is C11H11FN4S. The molecule has 0 spiro atoms. The van der Waals surface area contributed by atoms with Gasteiger partial charge >= 0.3 is 0 Å². The molecule has 0 aliphatic rings. The fourth-order valence-electron chi connectivity index (χ4n) is 1.41. The zero-order valence-corrected chi connectivity index (χ0v) is 9.96. The van der Waals surface area contributed by atoms with E-state index >= 15 is 0 Å². The van der Waals surface area contributed by atoms with Gasteiger partial charge in [0.2, 0.25) is 0 Å². The molecule has 0 amide bonds. The van der Waals surface area contributed by atoms with Crippen LogP contribution in [0.2, 0.25) is 0 Å². The maximum atomic E-state index is 13.7. The Morgan fingerprint density at radius 1 is 1.53 bits per heavy atom. The van der Waals surface area contributed by atoms with E-state index in [-0.39, 0.29) is 4.99 Å². The average molecular weight is 250 g/mol. The van der Waals surface area contributed by atoms with E-state index < -0.39 is 5.82 Å². The van der Waals surface area contributed by atoms with Gasteiger partial charge < -0.3 is 11.1 Å². The van der Waals surface area contributed by atoms with E-state index in [0.717, 1.165) is 5.69 Å². The van der Waals surface area contributed by atoms with Crippen LogP contribution in [0.15, 0.2) is 30.6 Å². The highest BCUT2D eigenvalue weighted by molar-refractivity contribution is 7.80. The monoisotopic (exact) mass is 250 g/mol. The van der Waals surface area contributed by atoms with E-state index in [1.807, 2.05) is 0 Å². The predicted molar refractivity (Wildman–Crippen MR) is 68.8 cm³/mol. The van der Waals surface area contributed by atoms with Crippen molar-refractivity contribution in [3.63, 3.8) is 0 Å². The number of nitrogens with two attached hydrogens (primary N) is 1. The minimum atomic E-state index is -0.404. The topological polar surface area (TPSA) is 55.9 Å². The van der Waals surface area contributed by atoms with Crippen LogP contribution in [-0.4, -0.2) is 14.8 Å². The van der Waals surface area contributed by atoms with Gasteiger partial charge in [0.15, 0.2) is 0 Å². The molecule has 1 heterocycles. The highest BCUT2D eigenvalue weighted by Gasteiger charge is 2.06. The lowest BCUT2D eigenvalue weighted by atomic mass is 10.2. The first-order valence-electron chi connectivity index (χ1n) is 4.91. The third-order valence-corrected chi connectivity index (χ3v) is 2.47. The molecular weight excluding hydrogens is 239 g/mol. The van der Waals surface area contributed by atoms with Crippen LogP contribution in [0.5, 0.6) is 0 Å². The van der Waals surface area contributed by atoms with Gasteiger partial charge in [-0.3, -0.25) is 4.68 Å². The minimum absolute atomic E-state index is 0.178. The molecule has 0 aliphatic heterocycles. The summed E-state index contributed by atoms with van der Waals surface area (Å²) in [6, 6.07) is 4.57. The third kappa shape index (κ3) is 2.59. The van der Waals surface area contributed by atoms with Gasteiger partial charge in [-0.25, -0.2) is 4.39 Å². The zero-order valence-electron chi connectivity index (χ0n) is 9.14. The maximum absolute atomic E-state index is 13.7. The Morgan fingerprint density at radius 3 is 2.82 bits per heavy atom. The molecule has 0 aliphatic carbocycles. The van der Waals surface area contributed by atoms with Crippen molar-refractivity contribution in [2.75, 3.05) is 5.32 Å². The standard InChI is InChI=1S/C11H11FN4S/c1-16-6-8(5-14-16)15-10-3-2-7(11(13)17)4-9(10)12/h2-6,15H,1H3,(H2,13,17). The number of hydrogen-bond donors (Lipinski definition) is 2. The second-order valence-electron chi connectivity index (χ2n) is 3.59. The SMILES string of the molecule is Cn1cc(Nc2ccc(C(N)=S)cc2F)cn1. The molecule has 1 aromatic heterocycles. The molecule has 2 aromatic rings. The van der Waals surface area contributed by atoms with Crippen LogP contribution in [0, 0.1) is 5.82 Å². The zero-order chi connectivity index (χ0) is 12.4. The van der Waals surface area contributed by atoms with Crippen LogP contribution in [-0.2, 0) is 7.05 Å². The van der Waals surface area contributed by atoms with Crippen LogP contribution in [0.4, 0.5) is 15.8 Å². The van der Waals surface area contributed by atoms with Crippen molar-refractivity contribution in [1.29, 1.82) is 0 Å². The minimum Gasteiger partial charge on any atom is -0.389 e. The van der Waals surface area contributed by atoms with Gasteiger partial charge in [0.05, 0.1) is 17.6 Å². The van der Waals surface area contributed by atoms with E-state index in [9.17, 15) is 4.39 Å². The Labute approximate surface area is 103 Å². The first-order valence-corrected chi connectivity index (χ1v) is 5.32. The molecule has 88 valence electrons. The number of benzene rings is 1. The Hall–Kier alpha value is -1.95. The van der Waals surface area contributed by atoms with E-state index in [2.05, 4.69) is 10.4 Å². The van der Waals surface area contributed by atoms with E-state index in [4.69, 9.17) is 18.0 Å². The largest absolute Gasteiger partial charge is 0.389 e. The lowest BCUT2D eigenvalue weighted by Crippen LogP contribution is -2.09. The molecule has 2 rings (SSSR count). The Balaban J connectivity index is 2.25. The summed E-state index contributed by atoms with van der Waals surface area (Å²) in [5.74, 6) is -0.404. The number of aromatic nitrogens is 2. The maximum Gasteiger partial charge on any atom is 0.147 e. The van der Waals surface area contributed by atoms with Crippen molar-refractivity contribution in [2.45, 2.75) is 0 Å². The normalized spacial score (nSPS) is 10.2. The summed E-state index contributed by atoms with van der Waals surface area (Å²) in [6.07, 6.45) is 3.36. The molecule has 4 nitrogen and oxygen atoms in total. The van der Waals surface area contributed by atoms with Gasteiger partial charge in [-0.1, -0.05) is 12.2 Å². The first-order chi connectivity index (χ1) is 8.06. The second-order valence-corrected chi connectivity index (χ2v) is 4.03. The third-order valence-electron chi connectivity index (χ3n) is 2.24. The van der Waals surface area contributed by atoms with Crippen molar-refractivity contribution in [3.8, 4) is 0 Å². The molecule has 0 fully saturated rings. The molecule has 0 saturated carbocycles. The van der Waals surface area contributed by atoms with Crippen LogP contribution >= 0.6 is 12.2 Å². The van der Waals surface area contributed by atoms with Crippen molar-refractivity contribution < 1.29 is 4.39 Å². The van der Waals surface area contributed by atoms with Gasteiger partial charge in [-0.2, -0.15) is 5.10 Å². The first kappa shape index (κ1) is 11.5. The van der Waals surface area contributed by atoms with Gasteiger partial charge in [0, 0.05) is 18.8 Å². The molecule has 0 saturated heterocycles. The lowest BCUT2D eigenvalue weighted by molar-refractivity contribution is 0.631. The molecule has 1 aromatic carbocycles. The molecule has 0 unspecified atom stereocenters. The smallest absolute Gasteiger partial charge is 0.147 e. The molecule has 3 N–H and O–H groups in total. The lowest BCUT2D eigenvalue weighted by Gasteiger charge is -2.06. The van der Waals surface area contributed by atoms with Crippen molar-refractivity contribution in [1.82, 2.24) is 9.78 Å². The quantitative estimate of drug-likeness (QED) is 0.817. The van der Waals surface area contributed by atoms with Crippen molar-refractivity contribution in [2.24, 2.45) is 12.8 Å². The Morgan fingerprint density at radius 2 is 2.29 bits per heavy atom. The van der Waals surface area contributed by atoms with Crippen molar-refractivity contribution >= 4 is 28.6 Å². The number of nitrogens with zero attached hydrogens (tertiary/aromatic N) is 2. The summed E-state index contributed by atoms with van der Waals surface area (Å²) in [5.41, 5.74) is 7.00. The fourth-order valence-corrected chi connectivity index (χ4v) is 1.54. The summed E-state index contributed by atoms with van der Waals surface area (Å²) in [6.45, 7) is 0. The number of anilines is 2. The summed E-state index contributed by atoms with van der Waals surface area (Å²) in [4.78, 5) is 0.178. The summed E-state index contributed by atoms with van der Waals surface area (Å²) >= 11 is 4.78. The predicted octanol–water partition coefficient (Wildman–Crippen LogP) is 1.94. The molecule has 17 heavy (non-hydrogen) atoms. The molecule has 0 bridgehead atoms. The highest BCUT2D eigenvalue weighted by atomic mass is 32.1. The Bertz CT molecular complexity index is 564. The number of thiocarbonyl (C=S) groups is 1. The summed E-state index contributed by atoms with van der Waals surface area (Å²) in [5, 5.41) is 6.90. The highest BCUT2D eigenvalue weighted by Crippen LogP contribution is 2.20. The average Bonchev–Trinajstić information content (AvgIpc) is 2.67. The van der Waals surface area contributed by atoms with Crippen molar-refractivity contribution in [3.05, 3.63) is 42.0 Å². The summed E-state index contributed by atoms with van der Waals surface area (Å²) < 4.78 is 15.3. The fraction of sp³-hybridized carbons (Fsp3) is 0.0909. The van der Waals surface area contributed by atoms with Crippen LogP contribution in [0.3, 0.4) is 0 Å². The van der Waals surface area contributed by atoms with Gasteiger partial charge in [0.25, 0.3) is 0 Å². The number of nitrogens with one attached hydrogen (secondary N) is 1. The van der Waals surface area contributed by atoms with Gasteiger partial charge in [-0.05, 0) is 18.2 Å². The number of halogens is 1. The van der Waals surface area contributed by atoms with E-state index in [0.29, 0.717) is 11.3 Å². The molecule has 0 atom stereocenters. The van der Waals surface area contributed by atoms with E-state index in [1.54, 1.807) is 36.3 Å². The van der Waals surface area contributed by atoms with Gasteiger partial charge in [0.1, 0.15) is 10.8 Å². The molecule has 6 heteroatoms. The number of aryl methyl sites for hydroxylation is 1. The second kappa shape index (κ2) is 4.50. The summed E-state index contributed by atoms with van der Waals surface area (Å²) in [7, 11) is 1.79. The van der Waals surface area contributed by atoms with Gasteiger partial charge in [-0.15, -0.1) is 0 Å². The van der Waals surface area contributed by atoms with E-state index in [1.165, 1.54) is 6.07 Å².